The molecule has 0 saturated carbocycles. The van der Waals surface area contributed by atoms with E-state index in [4.69, 9.17) is 5.11 Å². The Morgan fingerprint density at radius 2 is 2.00 bits per heavy atom. The Kier molecular flexibility index (Phi) is 3.91. The van der Waals surface area contributed by atoms with Crippen LogP contribution in [0.2, 0.25) is 0 Å². The van der Waals surface area contributed by atoms with E-state index in [-0.39, 0.29) is 14.3 Å². The first kappa shape index (κ1) is 10.2. The third-order valence-corrected chi connectivity index (χ3v) is 3.93. The van der Waals surface area contributed by atoms with Crippen LogP contribution in [0.1, 0.15) is 6.42 Å². The predicted molar refractivity (Wildman–Crippen MR) is 56.0 cm³/mol. The van der Waals surface area contributed by atoms with Crippen molar-refractivity contribution in [1.82, 2.24) is 0 Å². The van der Waals surface area contributed by atoms with Gasteiger partial charge in [-0.3, -0.25) is 4.79 Å². The normalized spacial score (nSPS) is 12.4. The molecule has 0 saturated heterocycles. The van der Waals surface area contributed by atoms with Gasteiger partial charge in [0.2, 0.25) is 0 Å². The lowest BCUT2D eigenvalue weighted by atomic mass is 10.4. The molecule has 13 heavy (non-hydrogen) atoms. The zero-order chi connectivity index (χ0) is 9.68. The maximum Gasteiger partial charge on any atom is 0.303 e. The first-order valence-corrected chi connectivity index (χ1v) is 6.15. The molecule has 0 amide bonds. The van der Waals surface area contributed by atoms with Crippen LogP contribution < -0.4 is 5.30 Å². The van der Waals surface area contributed by atoms with Gasteiger partial charge in [-0.05, 0) is 18.1 Å². The minimum atomic E-state index is -0.703. The van der Waals surface area contributed by atoms with E-state index < -0.39 is 5.97 Å². The fourth-order valence-corrected chi connectivity index (χ4v) is 2.54. The van der Waals surface area contributed by atoms with Crippen molar-refractivity contribution in [2.24, 2.45) is 0 Å². The van der Waals surface area contributed by atoms with Crippen molar-refractivity contribution in [2.45, 2.75) is 6.42 Å². The summed E-state index contributed by atoms with van der Waals surface area (Å²) in [5.74, 6) is -0.703. The topological polar surface area (TPSA) is 37.3 Å². The first-order chi connectivity index (χ1) is 6.20. The molecule has 1 aromatic rings. The Morgan fingerprint density at radius 3 is 2.54 bits per heavy atom. The van der Waals surface area contributed by atoms with Gasteiger partial charge in [-0.25, -0.2) is 0 Å². The van der Waals surface area contributed by atoms with E-state index in [0.29, 0.717) is 0 Å². The van der Waals surface area contributed by atoms with Crippen LogP contribution in [0.15, 0.2) is 30.3 Å². The minimum Gasteiger partial charge on any atom is -0.481 e. The average molecular weight is 196 g/mol. The van der Waals surface area contributed by atoms with Gasteiger partial charge < -0.3 is 5.11 Å². The molecule has 0 aliphatic heterocycles. The highest BCUT2D eigenvalue weighted by Gasteiger charge is 2.05. The van der Waals surface area contributed by atoms with Gasteiger partial charge in [0, 0.05) is 6.42 Å². The molecule has 1 N–H and O–H groups in total. The summed E-state index contributed by atoms with van der Waals surface area (Å²) in [7, 11) is -0.289. The molecule has 1 unspecified atom stereocenters. The van der Waals surface area contributed by atoms with E-state index >= 15 is 0 Å². The van der Waals surface area contributed by atoms with E-state index in [1.165, 1.54) is 5.30 Å². The Bertz CT molecular complexity index is 272. The maximum absolute atomic E-state index is 10.3. The van der Waals surface area contributed by atoms with Crippen molar-refractivity contribution in [1.29, 1.82) is 0 Å². The lowest BCUT2D eigenvalue weighted by molar-refractivity contribution is -0.136. The zero-order valence-corrected chi connectivity index (χ0v) is 8.50. The molecule has 1 rings (SSSR count). The predicted octanol–water partition coefficient (Wildman–Crippen LogP) is 1.90. The van der Waals surface area contributed by atoms with Gasteiger partial charge in [0.25, 0.3) is 0 Å². The van der Waals surface area contributed by atoms with Crippen LogP contribution in [0.25, 0.3) is 0 Å². The highest BCUT2D eigenvalue weighted by molar-refractivity contribution is 7.64. The van der Waals surface area contributed by atoms with Crippen molar-refractivity contribution < 1.29 is 9.90 Å². The number of carboxylic acid groups (broad SMARTS) is 1. The van der Waals surface area contributed by atoms with Gasteiger partial charge in [0.15, 0.2) is 0 Å². The van der Waals surface area contributed by atoms with Crippen LogP contribution >= 0.6 is 7.92 Å². The summed E-state index contributed by atoms with van der Waals surface area (Å²) < 4.78 is 0. The molecule has 0 aliphatic carbocycles. The van der Waals surface area contributed by atoms with Gasteiger partial charge in [-0.1, -0.05) is 38.3 Å². The second kappa shape index (κ2) is 4.98. The second-order valence-electron chi connectivity index (χ2n) is 2.90. The maximum atomic E-state index is 10.3. The quantitative estimate of drug-likeness (QED) is 0.747. The lowest BCUT2D eigenvalue weighted by Crippen LogP contribution is -2.05. The number of hydrogen-bond donors (Lipinski definition) is 1. The highest BCUT2D eigenvalue weighted by Crippen LogP contribution is 2.29. The Hall–Kier alpha value is -0.880. The summed E-state index contributed by atoms with van der Waals surface area (Å²) in [6.45, 7) is 2.12. The smallest absolute Gasteiger partial charge is 0.303 e. The Morgan fingerprint density at radius 1 is 1.38 bits per heavy atom. The van der Waals surface area contributed by atoms with E-state index in [0.717, 1.165) is 6.16 Å². The molecule has 70 valence electrons. The zero-order valence-electron chi connectivity index (χ0n) is 7.60. The molecule has 3 heteroatoms. The summed E-state index contributed by atoms with van der Waals surface area (Å²) in [4.78, 5) is 10.3. The number of carboxylic acids is 1. The summed E-state index contributed by atoms with van der Waals surface area (Å²) in [5, 5.41) is 9.80. The summed E-state index contributed by atoms with van der Waals surface area (Å²) in [6, 6.07) is 10.1. The number of hydrogen-bond acceptors (Lipinski definition) is 1. The van der Waals surface area contributed by atoms with Crippen LogP contribution in [0, 0.1) is 0 Å². The van der Waals surface area contributed by atoms with Gasteiger partial charge in [-0.15, -0.1) is 0 Å². The fraction of sp³-hybridized carbons (Fsp3) is 0.300. The summed E-state index contributed by atoms with van der Waals surface area (Å²) in [6.07, 6.45) is 1.05. The van der Waals surface area contributed by atoms with Gasteiger partial charge in [-0.2, -0.15) is 0 Å². The molecule has 0 fully saturated rings. The second-order valence-corrected chi connectivity index (χ2v) is 5.26. The number of aliphatic carboxylic acids is 1. The highest BCUT2D eigenvalue weighted by atomic mass is 31.1. The van der Waals surface area contributed by atoms with Crippen molar-refractivity contribution in [3.63, 3.8) is 0 Å². The fourth-order valence-electron chi connectivity index (χ4n) is 1.07. The molecule has 0 aromatic heterocycles. The molecule has 0 aliphatic rings. The molecular weight excluding hydrogens is 183 g/mol. The van der Waals surface area contributed by atoms with Crippen LogP contribution in [-0.2, 0) is 4.79 Å². The molecule has 1 aromatic carbocycles. The van der Waals surface area contributed by atoms with E-state index in [9.17, 15) is 4.79 Å². The van der Waals surface area contributed by atoms with Crippen molar-refractivity contribution in [3.05, 3.63) is 30.3 Å². The lowest BCUT2D eigenvalue weighted by Gasteiger charge is -2.10. The third kappa shape index (κ3) is 3.56. The van der Waals surface area contributed by atoms with Crippen LogP contribution in [0.3, 0.4) is 0 Å². The molecule has 0 bridgehead atoms. The Balaban J connectivity index is 2.49. The summed E-state index contributed by atoms with van der Waals surface area (Å²) >= 11 is 0. The number of benzene rings is 1. The number of carbonyl (C=O) groups is 1. The molecular formula is C10H13O2P. The van der Waals surface area contributed by atoms with Crippen LogP contribution in [0.5, 0.6) is 0 Å². The first-order valence-electron chi connectivity index (χ1n) is 4.18. The summed E-state index contributed by atoms with van der Waals surface area (Å²) in [5.41, 5.74) is 0. The molecule has 0 spiro atoms. The SMILES string of the molecule is CP(CCC(=O)O)c1ccccc1. The van der Waals surface area contributed by atoms with Gasteiger partial charge in [0.1, 0.15) is 0 Å². The van der Waals surface area contributed by atoms with Gasteiger partial charge >= 0.3 is 5.97 Å². The minimum absolute atomic E-state index is 0.275. The van der Waals surface area contributed by atoms with Crippen molar-refractivity contribution in [3.8, 4) is 0 Å². The third-order valence-electron chi connectivity index (χ3n) is 1.86. The van der Waals surface area contributed by atoms with E-state index in [1.54, 1.807) is 0 Å². The van der Waals surface area contributed by atoms with Crippen molar-refractivity contribution >= 4 is 19.2 Å². The van der Waals surface area contributed by atoms with Gasteiger partial charge in [0.05, 0.1) is 0 Å². The van der Waals surface area contributed by atoms with Crippen LogP contribution in [-0.4, -0.2) is 23.9 Å². The molecule has 0 radical (unpaired) electrons. The van der Waals surface area contributed by atoms with E-state index in [1.807, 2.05) is 18.2 Å². The average Bonchev–Trinajstić information content (AvgIpc) is 2.15. The van der Waals surface area contributed by atoms with Crippen molar-refractivity contribution in [2.75, 3.05) is 12.8 Å². The molecule has 0 heterocycles. The monoisotopic (exact) mass is 196 g/mol. The largest absolute Gasteiger partial charge is 0.481 e. The molecule has 1 atom stereocenters. The Labute approximate surface area is 79.3 Å². The van der Waals surface area contributed by atoms with Crippen LogP contribution in [0.4, 0.5) is 0 Å². The standard InChI is InChI=1S/C10H13O2P/c1-13(8-7-10(11)12)9-5-3-2-4-6-9/h2-6H,7-8H2,1H3,(H,11,12). The van der Waals surface area contributed by atoms with E-state index in [2.05, 4.69) is 18.8 Å². The number of rotatable bonds is 4. The molecule has 2 nitrogen and oxygen atoms in total.